The Balaban J connectivity index is 2.26. The number of anilines is 2. The molecule has 0 atom stereocenters. The summed E-state index contributed by atoms with van der Waals surface area (Å²) in [6, 6.07) is 14.3. The van der Waals surface area contributed by atoms with Crippen molar-refractivity contribution in [1.82, 2.24) is 9.55 Å². The number of nitrogens with two attached hydrogens (primary N) is 1. The zero-order valence-corrected chi connectivity index (χ0v) is 12.0. The number of rotatable bonds is 2. The van der Waals surface area contributed by atoms with Gasteiger partial charge in [0.2, 0.25) is 5.95 Å². The highest BCUT2D eigenvalue weighted by atomic mass is 15.2. The standard InChI is InChI=1S/C16H18N4/c1-11-8-9-12(10-15(11)19(2)3)20-14-7-5-4-6-13(14)18-16(20)17/h4-10H,1-3H3,(H2,17,18). The van der Waals surface area contributed by atoms with E-state index in [0.29, 0.717) is 5.95 Å². The maximum absolute atomic E-state index is 6.09. The molecule has 4 nitrogen and oxygen atoms in total. The number of aromatic nitrogens is 2. The fraction of sp³-hybridized carbons (Fsp3) is 0.188. The van der Waals surface area contributed by atoms with Crippen molar-refractivity contribution in [2.45, 2.75) is 6.92 Å². The molecule has 0 aliphatic carbocycles. The van der Waals surface area contributed by atoms with Gasteiger partial charge in [-0.25, -0.2) is 4.98 Å². The Kier molecular flexibility index (Phi) is 2.86. The van der Waals surface area contributed by atoms with Crippen molar-refractivity contribution < 1.29 is 0 Å². The second-order valence-corrected chi connectivity index (χ2v) is 5.16. The predicted molar refractivity (Wildman–Crippen MR) is 84.5 cm³/mol. The lowest BCUT2D eigenvalue weighted by Crippen LogP contribution is -2.11. The van der Waals surface area contributed by atoms with Gasteiger partial charge in [0.15, 0.2) is 0 Å². The van der Waals surface area contributed by atoms with Crippen LogP contribution in [0.5, 0.6) is 0 Å². The van der Waals surface area contributed by atoms with Crippen LogP contribution in [-0.4, -0.2) is 23.6 Å². The van der Waals surface area contributed by atoms with Crippen LogP contribution in [0, 0.1) is 6.92 Å². The molecule has 0 amide bonds. The second-order valence-electron chi connectivity index (χ2n) is 5.16. The third kappa shape index (κ3) is 1.90. The first-order valence-corrected chi connectivity index (χ1v) is 6.59. The molecule has 1 heterocycles. The monoisotopic (exact) mass is 266 g/mol. The molecule has 0 radical (unpaired) electrons. The molecule has 0 aliphatic rings. The van der Waals surface area contributed by atoms with Crippen LogP contribution < -0.4 is 10.6 Å². The largest absolute Gasteiger partial charge is 0.377 e. The highest BCUT2D eigenvalue weighted by Crippen LogP contribution is 2.27. The minimum atomic E-state index is 0.514. The van der Waals surface area contributed by atoms with Crippen molar-refractivity contribution in [3.05, 3.63) is 48.0 Å². The molecule has 3 rings (SSSR count). The van der Waals surface area contributed by atoms with Crippen molar-refractivity contribution in [3.63, 3.8) is 0 Å². The van der Waals surface area contributed by atoms with E-state index in [-0.39, 0.29) is 0 Å². The molecule has 102 valence electrons. The third-order valence-electron chi connectivity index (χ3n) is 3.52. The highest BCUT2D eigenvalue weighted by molar-refractivity contribution is 5.81. The number of nitrogen functional groups attached to an aromatic ring is 1. The first kappa shape index (κ1) is 12.5. The Morgan fingerprint density at radius 2 is 1.85 bits per heavy atom. The Morgan fingerprint density at radius 3 is 2.60 bits per heavy atom. The van der Waals surface area contributed by atoms with Gasteiger partial charge in [-0.3, -0.25) is 4.57 Å². The van der Waals surface area contributed by atoms with Gasteiger partial charge in [-0.15, -0.1) is 0 Å². The van der Waals surface area contributed by atoms with Crippen LogP contribution in [0.2, 0.25) is 0 Å². The van der Waals surface area contributed by atoms with Crippen LogP contribution in [-0.2, 0) is 0 Å². The summed E-state index contributed by atoms with van der Waals surface area (Å²) >= 11 is 0. The maximum atomic E-state index is 6.09. The van der Waals surface area contributed by atoms with E-state index >= 15 is 0 Å². The maximum Gasteiger partial charge on any atom is 0.205 e. The average molecular weight is 266 g/mol. The summed E-state index contributed by atoms with van der Waals surface area (Å²) in [6.45, 7) is 2.11. The number of fused-ring (bicyclic) bond motifs is 1. The van der Waals surface area contributed by atoms with Crippen LogP contribution in [0.3, 0.4) is 0 Å². The summed E-state index contributed by atoms with van der Waals surface area (Å²) in [5.74, 6) is 0.514. The molecule has 2 N–H and O–H groups in total. The molecule has 20 heavy (non-hydrogen) atoms. The first-order chi connectivity index (χ1) is 9.58. The summed E-state index contributed by atoms with van der Waals surface area (Å²) < 4.78 is 1.99. The molecule has 0 saturated carbocycles. The van der Waals surface area contributed by atoms with E-state index < -0.39 is 0 Å². The molecule has 1 aromatic heterocycles. The summed E-state index contributed by atoms with van der Waals surface area (Å²) in [6.07, 6.45) is 0. The topological polar surface area (TPSA) is 47.1 Å². The Hall–Kier alpha value is -2.49. The lowest BCUT2D eigenvalue weighted by Gasteiger charge is -2.17. The normalized spacial score (nSPS) is 10.9. The minimum Gasteiger partial charge on any atom is -0.377 e. The predicted octanol–water partition coefficient (Wildman–Crippen LogP) is 2.98. The van der Waals surface area contributed by atoms with Crippen LogP contribution in [0.25, 0.3) is 16.7 Å². The zero-order chi connectivity index (χ0) is 14.3. The lowest BCUT2D eigenvalue weighted by atomic mass is 10.1. The number of benzene rings is 2. The first-order valence-electron chi connectivity index (χ1n) is 6.59. The van der Waals surface area contributed by atoms with E-state index in [1.807, 2.05) is 42.9 Å². The SMILES string of the molecule is Cc1ccc(-n2c(N)nc3ccccc32)cc1N(C)C. The summed E-state index contributed by atoms with van der Waals surface area (Å²) in [5.41, 5.74) is 11.5. The highest BCUT2D eigenvalue weighted by Gasteiger charge is 2.11. The fourth-order valence-electron chi connectivity index (χ4n) is 2.53. The number of para-hydroxylation sites is 2. The van der Waals surface area contributed by atoms with E-state index in [2.05, 4.69) is 35.0 Å². The van der Waals surface area contributed by atoms with Gasteiger partial charge in [0, 0.05) is 19.8 Å². The second kappa shape index (κ2) is 4.56. The molecule has 3 aromatic rings. The van der Waals surface area contributed by atoms with Gasteiger partial charge < -0.3 is 10.6 Å². The molecule has 0 spiro atoms. The molecule has 2 aromatic carbocycles. The van der Waals surface area contributed by atoms with Crippen LogP contribution in [0.4, 0.5) is 11.6 Å². The van der Waals surface area contributed by atoms with Gasteiger partial charge in [-0.05, 0) is 36.8 Å². The van der Waals surface area contributed by atoms with Gasteiger partial charge in [0.1, 0.15) is 0 Å². The van der Waals surface area contributed by atoms with Gasteiger partial charge in [-0.1, -0.05) is 18.2 Å². The fourth-order valence-corrected chi connectivity index (χ4v) is 2.53. The molecule has 0 fully saturated rings. The summed E-state index contributed by atoms with van der Waals surface area (Å²) in [4.78, 5) is 6.52. The number of nitrogens with zero attached hydrogens (tertiary/aromatic N) is 3. The quantitative estimate of drug-likeness (QED) is 0.775. The molecular weight excluding hydrogens is 248 g/mol. The van der Waals surface area contributed by atoms with Gasteiger partial charge in [-0.2, -0.15) is 0 Å². The molecule has 0 aliphatic heterocycles. The summed E-state index contributed by atoms with van der Waals surface area (Å²) in [7, 11) is 4.09. The number of hydrogen-bond acceptors (Lipinski definition) is 3. The molecule has 0 unspecified atom stereocenters. The number of hydrogen-bond donors (Lipinski definition) is 1. The Labute approximate surface area is 118 Å². The van der Waals surface area contributed by atoms with Crippen molar-refractivity contribution in [3.8, 4) is 5.69 Å². The number of imidazole rings is 1. The van der Waals surface area contributed by atoms with Crippen molar-refractivity contribution in [2.24, 2.45) is 0 Å². The van der Waals surface area contributed by atoms with Crippen molar-refractivity contribution in [1.29, 1.82) is 0 Å². The molecule has 4 heteroatoms. The Bertz CT molecular complexity index is 771. The van der Waals surface area contributed by atoms with Gasteiger partial charge in [0.05, 0.1) is 16.7 Å². The minimum absolute atomic E-state index is 0.514. The van der Waals surface area contributed by atoms with E-state index in [1.165, 1.54) is 11.3 Å². The Morgan fingerprint density at radius 1 is 1.10 bits per heavy atom. The van der Waals surface area contributed by atoms with E-state index in [4.69, 9.17) is 5.73 Å². The van der Waals surface area contributed by atoms with Gasteiger partial charge in [0.25, 0.3) is 0 Å². The van der Waals surface area contributed by atoms with Crippen LogP contribution >= 0.6 is 0 Å². The van der Waals surface area contributed by atoms with E-state index in [1.54, 1.807) is 0 Å². The summed E-state index contributed by atoms with van der Waals surface area (Å²) in [5, 5.41) is 0. The van der Waals surface area contributed by atoms with E-state index in [9.17, 15) is 0 Å². The smallest absolute Gasteiger partial charge is 0.205 e. The van der Waals surface area contributed by atoms with Gasteiger partial charge >= 0.3 is 0 Å². The van der Waals surface area contributed by atoms with Crippen molar-refractivity contribution >= 4 is 22.7 Å². The van der Waals surface area contributed by atoms with Crippen LogP contribution in [0.1, 0.15) is 5.56 Å². The average Bonchev–Trinajstić information content (AvgIpc) is 2.75. The molecule has 0 bridgehead atoms. The van der Waals surface area contributed by atoms with E-state index in [0.717, 1.165) is 16.7 Å². The third-order valence-corrected chi connectivity index (χ3v) is 3.52. The number of aryl methyl sites for hydroxylation is 1. The lowest BCUT2D eigenvalue weighted by molar-refractivity contribution is 1.08. The van der Waals surface area contributed by atoms with Crippen molar-refractivity contribution in [2.75, 3.05) is 24.7 Å². The molecule has 0 saturated heterocycles. The molecular formula is C16H18N4. The van der Waals surface area contributed by atoms with Crippen LogP contribution in [0.15, 0.2) is 42.5 Å². The zero-order valence-electron chi connectivity index (χ0n) is 12.0.